The van der Waals surface area contributed by atoms with Crippen molar-refractivity contribution < 1.29 is 9.90 Å². The zero-order valence-electron chi connectivity index (χ0n) is 11.0. The van der Waals surface area contributed by atoms with E-state index < -0.39 is 5.97 Å². The van der Waals surface area contributed by atoms with Gasteiger partial charge in [0.2, 0.25) is 0 Å². The lowest BCUT2D eigenvalue weighted by Crippen LogP contribution is -2.12. The fourth-order valence-corrected chi connectivity index (χ4v) is 2.29. The van der Waals surface area contributed by atoms with Gasteiger partial charge in [0.05, 0.1) is 6.42 Å². The second-order valence-corrected chi connectivity index (χ2v) is 4.72. The molecule has 0 aliphatic heterocycles. The Kier molecular flexibility index (Phi) is 4.34. The summed E-state index contributed by atoms with van der Waals surface area (Å²) in [6, 6.07) is 10.1. The van der Waals surface area contributed by atoms with Crippen molar-refractivity contribution in [1.82, 2.24) is 9.55 Å². The van der Waals surface area contributed by atoms with Gasteiger partial charge >= 0.3 is 5.97 Å². The minimum Gasteiger partial charge on any atom is -0.481 e. The zero-order valence-corrected chi connectivity index (χ0v) is 11.0. The molecule has 0 saturated carbocycles. The number of imidazole rings is 1. The molecule has 100 valence electrons. The molecule has 1 aromatic carbocycles. The molecule has 0 saturated heterocycles. The lowest BCUT2D eigenvalue weighted by molar-refractivity contribution is -0.137. The van der Waals surface area contributed by atoms with Crippen molar-refractivity contribution in [3.05, 3.63) is 54.1 Å². The third-order valence-electron chi connectivity index (χ3n) is 3.27. The molecule has 1 aromatic heterocycles. The second kappa shape index (κ2) is 6.18. The number of aliphatic carboxylic acids is 1. The lowest BCUT2D eigenvalue weighted by atomic mass is 9.95. The van der Waals surface area contributed by atoms with Crippen molar-refractivity contribution >= 4 is 5.97 Å². The molecule has 19 heavy (non-hydrogen) atoms. The quantitative estimate of drug-likeness (QED) is 0.866. The monoisotopic (exact) mass is 258 g/mol. The average Bonchev–Trinajstić information content (AvgIpc) is 2.81. The molecule has 1 atom stereocenters. The fourth-order valence-electron chi connectivity index (χ4n) is 2.29. The summed E-state index contributed by atoms with van der Waals surface area (Å²) in [5.74, 6) is 0.0251. The number of rotatable bonds is 6. The van der Waals surface area contributed by atoms with E-state index in [1.54, 1.807) is 6.20 Å². The van der Waals surface area contributed by atoms with E-state index >= 15 is 0 Å². The van der Waals surface area contributed by atoms with Gasteiger partial charge in [0.15, 0.2) is 0 Å². The van der Waals surface area contributed by atoms with Gasteiger partial charge in [-0.25, -0.2) is 4.98 Å². The van der Waals surface area contributed by atoms with Crippen LogP contribution in [0.3, 0.4) is 0 Å². The van der Waals surface area contributed by atoms with Gasteiger partial charge in [0.1, 0.15) is 5.82 Å². The van der Waals surface area contributed by atoms with E-state index in [9.17, 15) is 4.79 Å². The van der Waals surface area contributed by atoms with Crippen LogP contribution in [0, 0.1) is 0 Å². The van der Waals surface area contributed by atoms with E-state index in [-0.39, 0.29) is 12.3 Å². The number of carbonyl (C=O) groups is 1. The Bertz CT molecular complexity index is 534. The van der Waals surface area contributed by atoms with Crippen LogP contribution in [0.2, 0.25) is 0 Å². The fraction of sp³-hybridized carbons (Fsp3) is 0.333. The molecular formula is C15H18N2O2. The van der Waals surface area contributed by atoms with Crippen molar-refractivity contribution in [2.24, 2.45) is 7.05 Å². The van der Waals surface area contributed by atoms with Crippen LogP contribution in [-0.4, -0.2) is 20.6 Å². The van der Waals surface area contributed by atoms with Crippen LogP contribution in [-0.2, 0) is 18.3 Å². The van der Waals surface area contributed by atoms with Crippen molar-refractivity contribution in [1.29, 1.82) is 0 Å². The number of aromatic nitrogens is 2. The van der Waals surface area contributed by atoms with E-state index in [0.717, 1.165) is 18.7 Å². The molecule has 0 amide bonds. The Morgan fingerprint density at radius 2 is 2.11 bits per heavy atom. The summed E-state index contributed by atoms with van der Waals surface area (Å²) in [6.45, 7) is 0. The highest BCUT2D eigenvalue weighted by atomic mass is 16.4. The first-order valence-corrected chi connectivity index (χ1v) is 6.39. The largest absolute Gasteiger partial charge is 0.481 e. The topological polar surface area (TPSA) is 55.1 Å². The Hall–Kier alpha value is -2.10. The third-order valence-corrected chi connectivity index (χ3v) is 3.27. The van der Waals surface area contributed by atoms with E-state index in [1.807, 2.05) is 36.0 Å². The maximum atomic E-state index is 11.0. The van der Waals surface area contributed by atoms with Crippen LogP contribution in [0.5, 0.6) is 0 Å². The summed E-state index contributed by atoms with van der Waals surface area (Å²) in [4.78, 5) is 15.3. The summed E-state index contributed by atoms with van der Waals surface area (Å²) in [6.07, 6.45) is 5.35. The number of nitrogens with zero attached hydrogens (tertiary/aromatic N) is 2. The molecular weight excluding hydrogens is 240 g/mol. The lowest BCUT2D eigenvalue weighted by Gasteiger charge is -2.14. The van der Waals surface area contributed by atoms with E-state index in [4.69, 9.17) is 5.11 Å². The normalized spacial score (nSPS) is 12.3. The zero-order chi connectivity index (χ0) is 13.7. The SMILES string of the molecule is Cn1ccnc1C(CCc1ccccc1)CC(=O)O. The molecule has 0 bridgehead atoms. The number of hydrogen-bond acceptors (Lipinski definition) is 2. The Morgan fingerprint density at radius 1 is 1.37 bits per heavy atom. The molecule has 0 aliphatic rings. The molecule has 2 aromatic rings. The first kappa shape index (κ1) is 13.3. The Morgan fingerprint density at radius 3 is 2.68 bits per heavy atom. The Balaban J connectivity index is 2.07. The maximum Gasteiger partial charge on any atom is 0.304 e. The van der Waals surface area contributed by atoms with E-state index in [0.29, 0.717) is 0 Å². The second-order valence-electron chi connectivity index (χ2n) is 4.72. The highest BCUT2D eigenvalue weighted by Crippen LogP contribution is 2.23. The number of carboxylic acid groups (broad SMARTS) is 1. The van der Waals surface area contributed by atoms with Crippen LogP contribution < -0.4 is 0 Å². The molecule has 0 aliphatic carbocycles. The van der Waals surface area contributed by atoms with Gasteiger partial charge in [-0.1, -0.05) is 30.3 Å². The van der Waals surface area contributed by atoms with Gasteiger partial charge in [-0.2, -0.15) is 0 Å². The predicted molar refractivity (Wildman–Crippen MR) is 73.0 cm³/mol. The van der Waals surface area contributed by atoms with E-state index in [2.05, 4.69) is 17.1 Å². The van der Waals surface area contributed by atoms with Crippen molar-refractivity contribution in [3.8, 4) is 0 Å². The molecule has 0 spiro atoms. The highest BCUT2D eigenvalue weighted by Gasteiger charge is 2.19. The molecule has 2 rings (SSSR count). The molecule has 1 N–H and O–H groups in total. The number of aryl methyl sites for hydroxylation is 2. The van der Waals surface area contributed by atoms with Crippen molar-refractivity contribution in [2.75, 3.05) is 0 Å². The van der Waals surface area contributed by atoms with Gasteiger partial charge < -0.3 is 9.67 Å². The van der Waals surface area contributed by atoms with Gasteiger partial charge in [0, 0.05) is 25.4 Å². The minimum atomic E-state index is -0.777. The summed E-state index contributed by atoms with van der Waals surface area (Å²) in [5, 5.41) is 9.03. The van der Waals surface area contributed by atoms with Gasteiger partial charge in [-0.3, -0.25) is 4.79 Å². The first-order valence-electron chi connectivity index (χ1n) is 6.39. The van der Waals surface area contributed by atoms with Crippen LogP contribution in [0.15, 0.2) is 42.7 Å². The van der Waals surface area contributed by atoms with E-state index in [1.165, 1.54) is 5.56 Å². The first-order chi connectivity index (χ1) is 9.16. The standard InChI is InChI=1S/C15H18N2O2/c1-17-10-9-16-15(17)13(11-14(18)19)8-7-12-5-3-2-4-6-12/h2-6,9-10,13H,7-8,11H2,1H3,(H,18,19). The maximum absolute atomic E-state index is 11.0. The molecule has 1 heterocycles. The van der Waals surface area contributed by atoms with Crippen LogP contribution in [0.1, 0.15) is 30.1 Å². The molecule has 1 unspecified atom stereocenters. The minimum absolute atomic E-state index is 0.0438. The van der Waals surface area contributed by atoms with Gasteiger partial charge in [-0.05, 0) is 18.4 Å². The highest BCUT2D eigenvalue weighted by molar-refractivity contribution is 5.67. The van der Waals surface area contributed by atoms with Crippen molar-refractivity contribution in [3.63, 3.8) is 0 Å². The summed E-state index contributed by atoms with van der Waals surface area (Å²) in [7, 11) is 1.90. The molecule has 4 nitrogen and oxygen atoms in total. The summed E-state index contributed by atoms with van der Waals surface area (Å²) in [5.41, 5.74) is 1.23. The Labute approximate surface area is 112 Å². The van der Waals surface area contributed by atoms with Crippen molar-refractivity contribution in [2.45, 2.75) is 25.2 Å². The van der Waals surface area contributed by atoms with Crippen LogP contribution in [0.4, 0.5) is 0 Å². The average molecular weight is 258 g/mol. The number of hydrogen-bond donors (Lipinski definition) is 1. The van der Waals surface area contributed by atoms with Crippen LogP contribution in [0.25, 0.3) is 0 Å². The number of carboxylic acids is 1. The van der Waals surface area contributed by atoms with Gasteiger partial charge in [-0.15, -0.1) is 0 Å². The van der Waals surface area contributed by atoms with Crippen LogP contribution >= 0.6 is 0 Å². The molecule has 0 fully saturated rings. The third kappa shape index (κ3) is 3.68. The van der Waals surface area contributed by atoms with Gasteiger partial charge in [0.25, 0.3) is 0 Å². The smallest absolute Gasteiger partial charge is 0.304 e. The molecule has 4 heteroatoms. The number of benzene rings is 1. The predicted octanol–water partition coefficient (Wildman–Crippen LogP) is 2.61. The molecule has 0 radical (unpaired) electrons. The summed E-state index contributed by atoms with van der Waals surface area (Å²) >= 11 is 0. The summed E-state index contributed by atoms with van der Waals surface area (Å²) < 4.78 is 1.90.